The lowest BCUT2D eigenvalue weighted by atomic mass is 9.89. The number of carbonyl (C=O) groups excluding carboxylic acids is 2. The summed E-state index contributed by atoms with van der Waals surface area (Å²) in [6.45, 7) is -0.638. The van der Waals surface area contributed by atoms with Crippen LogP contribution in [0, 0.1) is 5.82 Å². The summed E-state index contributed by atoms with van der Waals surface area (Å²) in [6.07, 6.45) is -10.8. The number of amides is 1. The Hall–Kier alpha value is -4.18. The number of carbonyl (C=O) groups is 2. The summed E-state index contributed by atoms with van der Waals surface area (Å²) in [5.41, 5.74) is 6.07. The third-order valence-electron chi connectivity index (χ3n) is 6.17. The van der Waals surface area contributed by atoms with Gasteiger partial charge in [0.15, 0.2) is 5.75 Å². The summed E-state index contributed by atoms with van der Waals surface area (Å²) in [5, 5.41) is 8.90. The molecule has 2 aromatic carbocycles. The molecule has 0 heterocycles. The molecule has 5 N–H and O–H groups in total. The Morgan fingerprint density at radius 3 is 2.26 bits per heavy atom. The lowest BCUT2D eigenvalue weighted by Crippen LogP contribution is -2.42. The number of ether oxygens (including phenoxy) is 2. The number of nitrogens with two attached hydrogens (primary N) is 2. The van der Waals surface area contributed by atoms with Crippen LogP contribution in [0.1, 0.15) is 29.5 Å². The van der Waals surface area contributed by atoms with E-state index in [1.807, 2.05) is 0 Å². The van der Waals surface area contributed by atoms with Crippen LogP contribution in [0.4, 0.5) is 41.2 Å². The van der Waals surface area contributed by atoms with Crippen molar-refractivity contribution in [3.05, 3.63) is 65.1 Å². The summed E-state index contributed by atoms with van der Waals surface area (Å²) < 4.78 is 106. The highest BCUT2D eigenvalue weighted by molar-refractivity contribution is 6.11. The van der Waals surface area contributed by atoms with E-state index >= 15 is 0 Å². The molecule has 2 aromatic rings. The molecule has 1 atom stereocenters. The number of aliphatic imine (C=N–C) groups is 1. The number of nitrogens with zero attached hydrogens (tertiary/aromatic N) is 2. The van der Waals surface area contributed by atoms with Crippen molar-refractivity contribution in [1.82, 2.24) is 0 Å². The molecule has 1 aliphatic rings. The Kier molecular flexibility index (Phi) is 9.83. The van der Waals surface area contributed by atoms with Gasteiger partial charge < -0.3 is 26.0 Å². The Morgan fingerprint density at radius 2 is 1.74 bits per heavy atom. The second-order valence-corrected chi connectivity index (χ2v) is 9.17. The lowest BCUT2D eigenvalue weighted by molar-refractivity contribution is -0.156. The lowest BCUT2D eigenvalue weighted by Gasteiger charge is -2.32. The number of allylic oxidation sites excluding steroid dienone is 1. The van der Waals surface area contributed by atoms with Crippen LogP contribution in [0.15, 0.2) is 47.6 Å². The van der Waals surface area contributed by atoms with Gasteiger partial charge in [0.1, 0.15) is 18.0 Å². The van der Waals surface area contributed by atoms with Crippen molar-refractivity contribution in [2.75, 3.05) is 18.6 Å². The smallest absolute Gasteiger partial charge is 0.420 e. The van der Waals surface area contributed by atoms with E-state index < -0.39 is 83.0 Å². The zero-order valence-corrected chi connectivity index (χ0v) is 21.7. The fourth-order valence-electron chi connectivity index (χ4n) is 3.72. The molecular weight excluding hydrogens is 581 g/mol. The molecule has 0 spiro atoms. The van der Waals surface area contributed by atoms with E-state index in [1.54, 1.807) is 0 Å². The first-order valence-corrected chi connectivity index (χ1v) is 12.1. The van der Waals surface area contributed by atoms with E-state index in [1.165, 1.54) is 0 Å². The number of alkyl halides is 6. The fraction of sp³-hybridized carbons (Fsp3) is 0.346. The monoisotopic (exact) mass is 606 g/mol. The van der Waals surface area contributed by atoms with E-state index in [9.17, 15) is 40.3 Å². The molecule has 0 saturated heterocycles. The summed E-state index contributed by atoms with van der Waals surface area (Å²) >= 11 is 0. The average molecular weight is 606 g/mol. The highest BCUT2D eigenvalue weighted by Gasteiger charge is 2.42. The van der Waals surface area contributed by atoms with Crippen molar-refractivity contribution in [2.45, 2.75) is 43.4 Å². The Bertz CT molecular complexity index is 1350. The summed E-state index contributed by atoms with van der Waals surface area (Å²) in [4.78, 5) is 29.3. The van der Waals surface area contributed by atoms with Crippen molar-refractivity contribution < 1.29 is 54.9 Å². The number of halogens is 7. The molecule has 3 rings (SSSR count). The Morgan fingerprint density at radius 1 is 1.12 bits per heavy atom. The zero-order valence-electron chi connectivity index (χ0n) is 21.7. The zero-order chi connectivity index (χ0) is 31.4. The molecule has 42 heavy (non-hydrogen) atoms. The van der Waals surface area contributed by atoms with Crippen molar-refractivity contribution in [2.24, 2.45) is 16.5 Å². The molecule has 1 saturated carbocycles. The number of hydrogen-bond donors (Lipinski definition) is 3. The fourth-order valence-corrected chi connectivity index (χ4v) is 3.72. The maximum absolute atomic E-state index is 14.0. The molecule has 0 aliphatic heterocycles. The molecule has 9 nitrogen and oxygen atoms in total. The standard InChI is InChI=1S/C26H25F7N4O5/c1-37(17-4-2-15(27)3-5-17)24(40)42-22-19(6-14(25(28,29)30)7-20(22)26(31,32)33)13(10-34)11-36-16-8-18(9-16)41-23(39)21(35)12-38/h2-7,10-11,16,18,21,38H,8-9,12,34-35H2,1H3/b13-10+,36-11?. The third kappa shape index (κ3) is 7.76. The minimum atomic E-state index is -5.41. The van der Waals surface area contributed by atoms with Gasteiger partial charge in [-0.05, 0) is 36.4 Å². The molecule has 1 aliphatic carbocycles. The molecule has 16 heteroatoms. The molecule has 228 valence electrons. The number of benzene rings is 2. The van der Waals surface area contributed by atoms with Crippen LogP contribution in [-0.4, -0.2) is 55.2 Å². The second-order valence-electron chi connectivity index (χ2n) is 9.17. The van der Waals surface area contributed by atoms with Crippen LogP contribution >= 0.6 is 0 Å². The van der Waals surface area contributed by atoms with Crippen molar-refractivity contribution >= 4 is 29.5 Å². The Balaban J connectivity index is 1.97. The highest BCUT2D eigenvalue weighted by atomic mass is 19.4. The molecule has 0 radical (unpaired) electrons. The van der Waals surface area contributed by atoms with Gasteiger partial charge in [0.05, 0.1) is 23.8 Å². The minimum Gasteiger partial charge on any atom is -0.461 e. The highest BCUT2D eigenvalue weighted by Crippen LogP contribution is 2.44. The van der Waals surface area contributed by atoms with Gasteiger partial charge in [-0.2, -0.15) is 26.3 Å². The van der Waals surface area contributed by atoms with Gasteiger partial charge in [-0.25, -0.2) is 9.18 Å². The van der Waals surface area contributed by atoms with Crippen LogP contribution in [0.3, 0.4) is 0 Å². The molecule has 1 unspecified atom stereocenters. The van der Waals surface area contributed by atoms with E-state index in [4.69, 9.17) is 26.0 Å². The van der Waals surface area contributed by atoms with Crippen LogP contribution in [0.5, 0.6) is 5.75 Å². The van der Waals surface area contributed by atoms with Gasteiger partial charge >= 0.3 is 24.4 Å². The first kappa shape index (κ1) is 32.3. The van der Waals surface area contributed by atoms with Crippen LogP contribution in [0.2, 0.25) is 0 Å². The van der Waals surface area contributed by atoms with E-state index in [2.05, 4.69) is 4.99 Å². The van der Waals surface area contributed by atoms with Crippen molar-refractivity contribution in [3.8, 4) is 5.75 Å². The molecular formula is C26H25F7N4O5. The van der Waals surface area contributed by atoms with E-state index in [0.717, 1.165) is 42.4 Å². The first-order valence-electron chi connectivity index (χ1n) is 12.1. The summed E-state index contributed by atoms with van der Waals surface area (Å²) in [7, 11) is 1.10. The number of aliphatic hydroxyl groups is 1. The Labute approximate surface area is 234 Å². The number of rotatable bonds is 8. The van der Waals surface area contributed by atoms with Gasteiger partial charge in [-0.1, -0.05) is 0 Å². The maximum atomic E-state index is 14.0. The number of esters is 1. The van der Waals surface area contributed by atoms with Crippen LogP contribution in [0.25, 0.3) is 5.57 Å². The quantitative estimate of drug-likeness (QED) is 0.232. The predicted octanol–water partition coefficient (Wildman–Crippen LogP) is 4.26. The minimum absolute atomic E-state index is 0.0137. The van der Waals surface area contributed by atoms with Gasteiger partial charge in [0.2, 0.25) is 0 Å². The molecule has 0 aromatic heterocycles. The summed E-state index contributed by atoms with van der Waals surface area (Å²) in [5.74, 6) is -2.78. The molecule has 0 bridgehead atoms. The maximum Gasteiger partial charge on any atom is 0.420 e. The second kappa shape index (κ2) is 12.8. The van der Waals surface area contributed by atoms with E-state index in [0.29, 0.717) is 12.3 Å². The largest absolute Gasteiger partial charge is 0.461 e. The van der Waals surface area contributed by atoms with Crippen LogP contribution < -0.4 is 21.1 Å². The summed E-state index contributed by atoms with van der Waals surface area (Å²) in [6, 6.07) is 2.56. The third-order valence-corrected chi connectivity index (χ3v) is 6.17. The number of anilines is 1. The van der Waals surface area contributed by atoms with Gasteiger partial charge in [0.25, 0.3) is 0 Å². The van der Waals surface area contributed by atoms with Crippen LogP contribution in [-0.2, 0) is 21.9 Å². The predicted molar refractivity (Wildman–Crippen MR) is 136 cm³/mol. The average Bonchev–Trinajstić information content (AvgIpc) is 2.90. The van der Waals surface area contributed by atoms with Gasteiger partial charge in [-0.15, -0.1) is 0 Å². The number of aliphatic hydroxyl groups excluding tert-OH is 1. The van der Waals surface area contributed by atoms with Crippen molar-refractivity contribution in [1.29, 1.82) is 0 Å². The molecule has 1 fully saturated rings. The van der Waals surface area contributed by atoms with E-state index in [-0.39, 0.29) is 24.6 Å². The van der Waals surface area contributed by atoms with Gasteiger partial charge in [-0.3, -0.25) is 14.7 Å². The molecule has 1 amide bonds. The normalized spacial score (nSPS) is 18.4. The van der Waals surface area contributed by atoms with Crippen molar-refractivity contribution in [3.63, 3.8) is 0 Å². The first-order chi connectivity index (χ1) is 19.5. The van der Waals surface area contributed by atoms with Gasteiger partial charge in [0, 0.05) is 49.1 Å². The SMILES string of the molecule is CN(C(=O)Oc1c(/C(C=NC2CC(OC(=O)C(N)CO)C2)=C/N)cc(C(F)(F)F)cc1C(F)(F)F)c1ccc(F)cc1. The topological polar surface area (TPSA) is 140 Å². The number of hydrogen-bond acceptors (Lipinski definition) is 8.